The fourth-order valence-electron chi connectivity index (χ4n) is 3.75. The SMILES string of the molecule is Cc1cccc(C(=O)NCC(c2cccs2)N2CCc3ccccc3C2)c1. The van der Waals surface area contributed by atoms with Crippen LogP contribution < -0.4 is 5.32 Å². The van der Waals surface area contributed by atoms with Gasteiger partial charge in [0.25, 0.3) is 5.91 Å². The van der Waals surface area contributed by atoms with E-state index in [9.17, 15) is 4.79 Å². The topological polar surface area (TPSA) is 32.3 Å². The van der Waals surface area contributed by atoms with Crippen molar-refractivity contribution >= 4 is 17.2 Å². The average molecular weight is 377 g/mol. The Morgan fingerprint density at radius 1 is 1.11 bits per heavy atom. The summed E-state index contributed by atoms with van der Waals surface area (Å²) >= 11 is 1.76. The highest BCUT2D eigenvalue weighted by Crippen LogP contribution is 2.30. The summed E-state index contributed by atoms with van der Waals surface area (Å²) in [4.78, 5) is 16.4. The van der Waals surface area contributed by atoms with Crippen LogP contribution in [-0.4, -0.2) is 23.9 Å². The Kier molecular flexibility index (Phi) is 5.37. The minimum Gasteiger partial charge on any atom is -0.350 e. The van der Waals surface area contributed by atoms with Crippen LogP contribution in [0, 0.1) is 6.92 Å². The van der Waals surface area contributed by atoms with Crippen molar-refractivity contribution in [1.29, 1.82) is 0 Å². The molecule has 4 rings (SSSR count). The molecule has 2 aromatic carbocycles. The van der Waals surface area contributed by atoms with Crippen LogP contribution in [0.15, 0.2) is 66.0 Å². The normalized spacial score (nSPS) is 15.1. The zero-order valence-electron chi connectivity index (χ0n) is 15.5. The van der Waals surface area contributed by atoms with Gasteiger partial charge in [-0.15, -0.1) is 11.3 Å². The second kappa shape index (κ2) is 8.07. The van der Waals surface area contributed by atoms with Gasteiger partial charge >= 0.3 is 0 Å². The van der Waals surface area contributed by atoms with Crippen molar-refractivity contribution in [3.63, 3.8) is 0 Å². The number of amides is 1. The van der Waals surface area contributed by atoms with Gasteiger partial charge in [0, 0.05) is 30.1 Å². The van der Waals surface area contributed by atoms with Gasteiger partial charge in [-0.05, 0) is 48.1 Å². The van der Waals surface area contributed by atoms with E-state index >= 15 is 0 Å². The molecular weight excluding hydrogens is 352 g/mol. The van der Waals surface area contributed by atoms with E-state index in [0.717, 1.165) is 30.6 Å². The minimum atomic E-state index is -0.00216. The number of benzene rings is 2. The maximum Gasteiger partial charge on any atom is 0.251 e. The van der Waals surface area contributed by atoms with Crippen LogP contribution in [-0.2, 0) is 13.0 Å². The number of nitrogens with one attached hydrogen (secondary N) is 1. The molecule has 0 bridgehead atoms. The van der Waals surface area contributed by atoms with E-state index in [1.54, 1.807) is 11.3 Å². The molecule has 3 nitrogen and oxygen atoms in total. The molecule has 0 spiro atoms. The zero-order valence-corrected chi connectivity index (χ0v) is 16.3. The molecule has 2 heterocycles. The molecule has 1 atom stereocenters. The lowest BCUT2D eigenvalue weighted by molar-refractivity contribution is 0.0928. The Balaban J connectivity index is 1.50. The second-order valence-corrected chi connectivity index (χ2v) is 8.08. The largest absolute Gasteiger partial charge is 0.350 e. The van der Waals surface area contributed by atoms with Gasteiger partial charge < -0.3 is 5.32 Å². The van der Waals surface area contributed by atoms with Crippen molar-refractivity contribution in [2.24, 2.45) is 0 Å². The minimum absolute atomic E-state index is 0.00216. The van der Waals surface area contributed by atoms with E-state index in [1.165, 1.54) is 16.0 Å². The zero-order chi connectivity index (χ0) is 18.6. The Labute approximate surface area is 164 Å². The van der Waals surface area contributed by atoms with E-state index in [1.807, 2.05) is 31.2 Å². The Hall–Kier alpha value is -2.43. The number of hydrogen-bond acceptors (Lipinski definition) is 3. The number of fused-ring (bicyclic) bond motifs is 1. The van der Waals surface area contributed by atoms with Gasteiger partial charge in [-0.2, -0.15) is 0 Å². The molecule has 0 aliphatic carbocycles. The van der Waals surface area contributed by atoms with Gasteiger partial charge in [-0.3, -0.25) is 9.69 Å². The summed E-state index contributed by atoms with van der Waals surface area (Å²) in [7, 11) is 0. The third-order valence-electron chi connectivity index (χ3n) is 5.21. The van der Waals surface area contributed by atoms with Crippen LogP contribution in [0.2, 0.25) is 0 Å². The predicted molar refractivity (Wildman–Crippen MR) is 111 cm³/mol. The third kappa shape index (κ3) is 4.12. The van der Waals surface area contributed by atoms with Crippen LogP contribution in [0.3, 0.4) is 0 Å². The number of rotatable bonds is 5. The first kappa shape index (κ1) is 18.0. The Morgan fingerprint density at radius 2 is 1.96 bits per heavy atom. The molecule has 4 heteroatoms. The molecule has 27 heavy (non-hydrogen) atoms. The van der Waals surface area contributed by atoms with Crippen LogP contribution >= 0.6 is 11.3 Å². The van der Waals surface area contributed by atoms with Crippen molar-refractivity contribution in [3.8, 4) is 0 Å². The molecule has 1 N–H and O–H groups in total. The highest BCUT2D eigenvalue weighted by Gasteiger charge is 2.26. The molecule has 1 aliphatic heterocycles. The average Bonchev–Trinajstić information content (AvgIpc) is 3.22. The molecule has 1 aromatic heterocycles. The van der Waals surface area contributed by atoms with Gasteiger partial charge in [0.15, 0.2) is 0 Å². The molecule has 1 amide bonds. The molecule has 1 unspecified atom stereocenters. The van der Waals surface area contributed by atoms with Gasteiger partial charge in [0.1, 0.15) is 0 Å². The Morgan fingerprint density at radius 3 is 2.74 bits per heavy atom. The van der Waals surface area contributed by atoms with Crippen molar-refractivity contribution in [3.05, 3.63) is 93.2 Å². The Bertz CT molecular complexity index is 920. The number of nitrogens with zero attached hydrogens (tertiary/aromatic N) is 1. The summed E-state index contributed by atoms with van der Waals surface area (Å²) in [6, 6.07) is 20.9. The summed E-state index contributed by atoms with van der Waals surface area (Å²) in [6.07, 6.45) is 1.06. The molecule has 0 saturated carbocycles. The lowest BCUT2D eigenvalue weighted by Gasteiger charge is -2.35. The summed E-state index contributed by atoms with van der Waals surface area (Å²) < 4.78 is 0. The predicted octanol–water partition coefficient (Wildman–Crippen LogP) is 4.59. The standard InChI is InChI=1S/C23H24N2OS/c1-17-6-4-9-19(14-17)23(26)24-15-21(22-10-5-13-27-22)25-12-11-18-7-2-3-8-20(18)16-25/h2-10,13-14,21H,11-12,15-16H2,1H3,(H,24,26). The smallest absolute Gasteiger partial charge is 0.251 e. The molecular formula is C23H24N2OS. The van der Waals surface area contributed by atoms with E-state index < -0.39 is 0 Å². The van der Waals surface area contributed by atoms with Crippen LogP contribution in [0.4, 0.5) is 0 Å². The van der Waals surface area contributed by atoms with Gasteiger partial charge in [0.2, 0.25) is 0 Å². The number of carbonyl (C=O) groups is 1. The van der Waals surface area contributed by atoms with E-state index in [2.05, 4.69) is 52.0 Å². The number of hydrogen-bond donors (Lipinski definition) is 1. The van der Waals surface area contributed by atoms with Crippen LogP contribution in [0.1, 0.15) is 38.0 Å². The summed E-state index contributed by atoms with van der Waals surface area (Å²) in [5.41, 5.74) is 4.67. The first-order valence-corrected chi connectivity index (χ1v) is 10.3. The number of aryl methyl sites for hydroxylation is 1. The van der Waals surface area contributed by atoms with Gasteiger partial charge in [-0.1, -0.05) is 48.0 Å². The maximum atomic E-state index is 12.6. The third-order valence-corrected chi connectivity index (χ3v) is 6.18. The van der Waals surface area contributed by atoms with E-state index in [-0.39, 0.29) is 11.9 Å². The molecule has 0 radical (unpaired) electrons. The number of carbonyl (C=O) groups excluding carboxylic acids is 1. The highest BCUT2D eigenvalue weighted by atomic mass is 32.1. The molecule has 3 aromatic rings. The second-order valence-electron chi connectivity index (χ2n) is 7.10. The van der Waals surface area contributed by atoms with Crippen LogP contribution in [0.5, 0.6) is 0 Å². The summed E-state index contributed by atoms with van der Waals surface area (Å²) in [6.45, 7) is 4.57. The fourth-order valence-corrected chi connectivity index (χ4v) is 4.61. The van der Waals surface area contributed by atoms with Crippen LogP contribution in [0.25, 0.3) is 0 Å². The van der Waals surface area contributed by atoms with Crippen molar-refractivity contribution in [2.75, 3.05) is 13.1 Å². The fraction of sp³-hybridized carbons (Fsp3) is 0.261. The summed E-state index contributed by atoms with van der Waals surface area (Å²) in [5, 5.41) is 5.28. The first-order valence-electron chi connectivity index (χ1n) is 9.40. The van der Waals surface area contributed by atoms with Crippen molar-refractivity contribution in [1.82, 2.24) is 10.2 Å². The monoisotopic (exact) mass is 376 g/mol. The molecule has 138 valence electrons. The molecule has 0 saturated heterocycles. The molecule has 0 fully saturated rings. The van der Waals surface area contributed by atoms with Gasteiger partial charge in [-0.25, -0.2) is 0 Å². The quantitative estimate of drug-likeness (QED) is 0.707. The van der Waals surface area contributed by atoms with E-state index in [0.29, 0.717) is 6.54 Å². The summed E-state index contributed by atoms with van der Waals surface area (Å²) in [5.74, 6) is -0.00216. The maximum absolute atomic E-state index is 12.6. The lowest BCUT2D eigenvalue weighted by atomic mass is 9.98. The highest BCUT2D eigenvalue weighted by molar-refractivity contribution is 7.10. The lowest BCUT2D eigenvalue weighted by Crippen LogP contribution is -2.40. The molecule has 1 aliphatic rings. The van der Waals surface area contributed by atoms with Crippen molar-refractivity contribution < 1.29 is 4.79 Å². The van der Waals surface area contributed by atoms with Crippen molar-refractivity contribution in [2.45, 2.75) is 25.9 Å². The first-order chi connectivity index (χ1) is 13.2. The van der Waals surface area contributed by atoms with E-state index in [4.69, 9.17) is 0 Å². The number of thiophene rings is 1. The van der Waals surface area contributed by atoms with Gasteiger partial charge in [0.05, 0.1) is 6.04 Å².